The molecule has 1 saturated heterocycles. The number of benzene rings is 1. The number of carbonyl (C=O) groups is 2. The van der Waals surface area contributed by atoms with Crippen molar-refractivity contribution in [2.45, 2.75) is 20.4 Å². The highest BCUT2D eigenvalue weighted by molar-refractivity contribution is 6.31. The summed E-state index contributed by atoms with van der Waals surface area (Å²) < 4.78 is 13.1. The van der Waals surface area contributed by atoms with Crippen molar-refractivity contribution >= 4 is 23.5 Å². The van der Waals surface area contributed by atoms with Gasteiger partial charge in [-0.25, -0.2) is 9.18 Å². The second-order valence-corrected chi connectivity index (χ2v) is 6.47. The lowest BCUT2D eigenvalue weighted by Crippen LogP contribution is -2.40. The van der Waals surface area contributed by atoms with Crippen LogP contribution in [0.2, 0.25) is 5.02 Å². The van der Waals surface area contributed by atoms with Gasteiger partial charge in [0.15, 0.2) is 0 Å². The van der Waals surface area contributed by atoms with Gasteiger partial charge in [0.1, 0.15) is 12.4 Å². The largest absolute Gasteiger partial charge is 0.354 e. The molecule has 1 aromatic rings. The minimum atomic E-state index is -0.407. The van der Waals surface area contributed by atoms with E-state index in [4.69, 9.17) is 11.6 Å². The predicted octanol–water partition coefficient (Wildman–Crippen LogP) is 2.49. The number of nitrogens with one attached hydrogen (secondary N) is 1. The van der Waals surface area contributed by atoms with Gasteiger partial charge in [0.2, 0.25) is 5.91 Å². The second kappa shape index (κ2) is 7.64. The lowest BCUT2D eigenvalue weighted by Gasteiger charge is -2.19. The Bertz CT molecular complexity index is 595. The molecule has 0 saturated carbocycles. The van der Waals surface area contributed by atoms with Gasteiger partial charge in [-0.15, -0.1) is 0 Å². The SMILES string of the molecule is CC(C)CNC(=O)CN1CCN(Cc2ccc(F)cc2Cl)C1=O. The summed E-state index contributed by atoms with van der Waals surface area (Å²) >= 11 is 5.99. The van der Waals surface area contributed by atoms with Gasteiger partial charge in [-0.05, 0) is 23.6 Å². The zero-order valence-electron chi connectivity index (χ0n) is 13.3. The molecule has 1 aliphatic heterocycles. The van der Waals surface area contributed by atoms with E-state index in [-0.39, 0.29) is 18.5 Å². The molecule has 7 heteroatoms. The smallest absolute Gasteiger partial charge is 0.320 e. The number of nitrogens with zero attached hydrogens (tertiary/aromatic N) is 2. The standard InChI is InChI=1S/C16H21ClFN3O2/c1-11(2)8-19-15(22)10-21-6-5-20(16(21)23)9-12-3-4-13(18)7-14(12)17/h3-4,7,11H,5-6,8-10H2,1-2H3,(H,19,22). The molecule has 3 amide bonds. The fraction of sp³-hybridized carbons (Fsp3) is 0.500. The van der Waals surface area contributed by atoms with Crippen LogP contribution in [0.3, 0.4) is 0 Å². The van der Waals surface area contributed by atoms with Gasteiger partial charge in [0, 0.05) is 31.2 Å². The molecular formula is C16H21ClFN3O2. The van der Waals surface area contributed by atoms with Crippen LogP contribution < -0.4 is 5.32 Å². The average Bonchev–Trinajstić information content (AvgIpc) is 2.81. The summed E-state index contributed by atoms with van der Waals surface area (Å²) in [4.78, 5) is 27.2. The van der Waals surface area contributed by atoms with E-state index in [0.29, 0.717) is 42.7 Å². The molecule has 5 nitrogen and oxygen atoms in total. The van der Waals surface area contributed by atoms with Crippen molar-refractivity contribution in [2.75, 3.05) is 26.2 Å². The third-order valence-electron chi connectivity index (χ3n) is 3.60. The first kappa shape index (κ1) is 17.5. The number of urea groups is 1. The van der Waals surface area contributed by atoms with Gasteiger partial charge < -0.3 is 15.1 Å². The van der Waals surface area contributed by atoms with E-state index in [1.54, 1.807) is 11.0 Å². The van der Waals surface area contributed by atoms with Crippen molar-refractivity contribution in [1.29, 1.82) is 0 Å². The maximum atomic E-state index is 13.1. The molecule has 1 N–H and O–H groups in total. The second-order valence-electron chi connectivity index (χ2n) is 6.06. The van der Waals surface area contributed by atoms with E-state index in [9.17, 15) is 14.0 Å². The van der Waals surface area contributed by atoms with Gasteiger partial charge in [-0.3, -0.25) is 4.79 Å². The highest BCUT2D eigenvalue weighted by atomic mass is 35.5. The van der Waals surface area contributed by atoms with Crippen LogP contribution in [0.15, 0.2) is 18.2 Å². The summed E-state index contributed by atoms with van der Waals surface area (Å²) in [5.74, 6) is -0.200. The fourth-order valence-corrected chi connectivity index (χ4v) is 2.56. The van der Waals surface area contributed by atoms with E-state index in [1.807, 2.05) is 13.8 Å². The van der Waals surface area contributed by atoms with Crippen molar-refractivity contribution in [3.05, 3.63) is 34.6 Å². The Labute approximate surface area is 140 Å². The van der Waals surface area contributed by atoms with Gasteiger partial charge in [0.25, 0.3) is 0 Å². The predicted molar refractivity (Wildman–Crippen MR) is 86.6 cm³/mol. The van der Waals surface area contributed by atoms with Crippen LogP contribution in [0.5, 0.6) is 0 Å². The molecule has 2 rings (SSSR count). The summed E-state index contributed by atoms with van der Waals surface area (Å²) in [5.41, 5.74) is 0.688. The maximum Gasteiger partial charge on any atom is 0.320 e. The number of rotatable bonds is 6. The summed E-state index contributed by atoms with van der Waals surface area (Å²) in [7, 11) is 0. The summed E-state index contributed by atoms with van der Waals surface area (Å²) in [6, 6.07) is 3.92. The summed E-state index contributed by atoms with van der Waals surface area (Å²) in [6.07, 6.45) is 0. The molecular weight excluding hydrogens is 321 g/mol. The Balaban J connectivity index is 1.90. The minimum Gasteiger partial charge on any atom is -0.354 e. The Morgan fingerprint density at radius 1 is 1.35 bits per heavy atom. The number of hydrogen-bond acceptors (Lipinski definition) is 2. The monoisotopic (exact) mass is 341 g/mol. The Kier molecular flexibility index (Phi) is 5.82. The van der Waals surface area contributed by atoms with Crippen LogP contribution in [0.1, 0.15) is 19.4 Å². The van der Waals surface area contributed by atoms with Crippen LogP contribution in [-0.2, 0) is 11.3 Å². The van der Waals surface area contributed by atoms with E-state index in [2.05, 4.69) is 5.32 Å². The van der Waals surface area contributed by atoms with E-state index in [1.165, 1.54) is 17.0 Å². The zero-order chi connectivity index (χ0) is 17.0. The molecule has 1 aromatic carbocycles. The minimum absolute atomic E-state index is 0.0548. The van der Waals surface area contributed by atoms with Gasteiger partial charge >= 0.3 is 6.03 Å². The molecule has 0 spiro atoms. The van der Waals surface area contributed by atoms with E-state index in [0.717, 1.165) is 0 Å². The third-order valence-corrected chi connectivity index (χ3v) is 3.95. The van der Waals surface area contributed by atoms with Crippen molar-refractivity contribution in [1.82, 2.24) is 15.1 Å². The molecule has 0 radical (unpaired) electrons. The fourth-order valence-electron chi connectivity index (χ4n) is 2.33. The van der Waals surface area contributed by atoms with Gasteiger partial charge in [0.05, 0.1) is 0 Å². The Morgan fingerprint density at radius 3 is 2.70 bits per heavy atom. The van der Waals surface area contributed by atoms with Gasteiger partial charge in [-0.1, -0.05) is 31.5 Å². The van der Waals surface area contributed by atoms with Gasteiger partial charge in [-0.2, -0.15) is 0 Å². The van der Waals surface area contributed by atoms with Crippen LogP contribution in [-0.4, -0.2) is 47.9 Å². The lowest BCUT2D eigenvalue weighted by molar-refractivity contribution is -0.121. The average molecular weight is 342 g/mol. The summed E-state index contributed by atoms with van der Waals surface area (Å²) in [6.45, 7) is 5.98. The topological polar surface area (TPSA) is 52.7 Å². The molecule has 0 unspecified atom stereocenters. The van der Waals surface area contributed by atoms with Crippen LogP contribution in [0.25, 0.3) is 0 Å². The normalized spacial score (nSPS) is 14.7. The highest BCUT2D eigenvalue weighted by Crippen LogP contribution is 2.21. The number of halogens is 2. The first-order valence-electron chi connectivity index (χ1n) is 7.61. The highest BCUT2D eigenvalue weighted by Gasteiger charge is 2.30. The molecule has 1 heterocycles. The Morgan fingerprint density at radius 2 is 2.04 bits per heavy atom. The molecule has 1 aliphatic rings. The third kappa shape index (κ3) is 4.82. The van der Waals surface area contributed by atoms with Crippen molar-refractivity contribution in [2.24, 2.45) is 5.92 Å². The number of hydrogen-bond donors (Lipinski definition) is 1. The first-order chi connectivity index (χ1) is 10.9. The Hall–Kier alpha value is -1.82. The van der Waals surface area contributed by atoms with Crippen molar-refractivity contribution in [3.8, 4) is 0 Å². The van der Waals surface area contributed by atoms with E-state index < -0.39 is 5.82 Å². The molecule has 23 heavy (non-hydrogen) atoms. The van der Waals surface area contributed by atoms with Crippen molar-refractivity contribution < 1.29 is 14.0 Å². The van der Waals surface area contributed by atoms with Crippen LogP contribution in [0, 0.1) is 11.7 Å². The molecule has 0 aliphatic carbocycles. The molecule has 1 fully saturated rings. The summed E-state index contributed by atoms with van der Waals surface area (Å²) in [5, 5.41) is 3.09. The van der Waals surface area contributed by atoms with Crippen LogP contribution >= 0.6 is 11.6 Å². The number of amides is 3. The molecule has 126 valence electrons. The van der Waals surface area contributed by atoms with Crippen molar-refractivity contribution in [3.63, 3.8) is 0 Å². The van der Waals surface area contributed by atoms with E-state index >= 15 is 0 Å². The molecule has 0 aromatic heterocycles. The zero-order valence-corrected chi connectivity index (χ0v) is 14.1. The van der Waals surface area contributed by atoms with Crippen LogP contribution in [0.4, 0.5) is 9.18 Å². The maximum absolute atomic E-state index is 13.1. The quantitative estimate of drug-likeness (QED) is 0.864. The first-order valence-corrected chi connectivity index (χ1v) is 7.99. The number of carbonyl (C=O) groups excluding carboxylic acids is 2. The molecule has 0 atom stereocenters. The molecule has 0 bridgehead atoms. The lowest BCUT2D eigenvalue weighted by atomic mass is 10.2.